The van der Waals surface area contributed by atoms with Crippen molar-refractivity contribution in [3.8, 4) is 0 Å². The lowest BCUT2D eigenvalue weighted by atomic mass is 9.86. The van der Waals surface area contributed by atoms with Gasteiger partial charge in [-0.05, 0) is 23.0 Å². The van der Waals surface area contributed by atoms with E-state index in [9.17, 15) is 5.11 Å². The number of hydrogen-bond donors (Lipinski definition) is 1. The Morgan fingerprint density at radius 3 is 2.38 bits per heavy atom. The zero-order valence-corrected chi connectivity index (χ0v) is 13.9. The highest BCUT2D eigenvalue weighted by atomic mass is 35.5. The fraction of sp³-hybridized carbons (Fsp3) is 0.471. The van der Waals surface area contributed by atoms with Crippen LogP contribution in [0.5, 0.6) is 0 Å². The van der Waals surface area contributed by atoms with Crippen LogP contribution < -0.4 is 0 Å². The van der Waals surface area contributed by atoms with Crippen molar-refractivity contribution in [2.45, 2.75) is 52.2 Å². The van der Waals surface area contributed by atoms with Crippen LogP contribution in [0.3, 0.4) is 0 Å². The summed E-state index contributed by atoms with van der Waals surface area (Å²) in [5.74, 6) is 0. The van der Waals surface area contributed by atoms with E-state index in [2.05, 4.69) is 44.9 Å². The number of aromatic nitrogens is 2. The van der Waals surface area contributed by atoms with E-state index >= 15 is 0 Å². The lowest BCUT2D eigenvalue weighted by Crippen LogP contribution is -2.13. The number of aliphatic hydroxyl groups is 1. The van der Waals surface area contributed by atoms with Crippen molar-refractivity contribution in [3.63, 3.8) is 0 Å². The summed E-state index contributed by atoms with van der Waals surface area (Å²) in [6.07, 6.45) is 1.79. The van der Waals surface area contributed by atoms with E-state index in [-0.39, 0.29) is 5.41 Å². The van der Waals surface area contributed by atoms with Crippen LogP contribution in [0.15, 0.2) is 30.5 Å². The molecule has 0 spiro atoms. The molecule has 0 bridgehead atoms. The second-order valence-electron chi connectivity index (χ2n) is 6.38. The van der Waals surface area contributed by atoms with Crippen LogP contribution in [-0.4, -0.2) is 14.9 Å². The van der Waals surface area contributed by atoms with Crippen molar-refractivity contribution in [2.24, 2.45) is 0 Å². The zero-order valence-electron chi connectivity index (χ0n) is 13.1. The molecule has 3 nitrogen and oxygen atoms in total. The van der Waals surface area contributed by atoms with E-state index in [1.807, 2.05) is 12.1 Å². The van der Waals surface area contributed by atoms with Crippen LogP contribution in [0.2, 0.25) is 5.02 Å². The normalized spacial score (nSPS) is 13.4. The van der Waals surface area contributed by atoms with Gasteiger partial charge in [-0.1, -0.05) is 63.6 Å². The van der Waals surface area contributed by atoms with Crippen molar-refractivity contribution in [1.82, 2.24) is 9.78 Å². The molecule has 21 heavy (non-hydrogen) atoms. The second-order valence-corrected chi connectivity index (χ2v) is 6.78. The Kier molecular flexibility index (Phi) is 4.74. The van der Waals surface area contributed by atoms with Gasteiger partial charge in [-0.3, -0.25) is 4.68 Å². The largest absolute Gasteiger partial charge is 0.382 e. The number of aliphatic hydroxyl groups excluding tert-OH is 1. The van der Waals surface area contributed by atoms with Gasteiger partial charge in [0, 0.05) is 6.54 Å². The summed E-state index contributed by atoms with van der Waals surface area (Å²) in [7, 11) is 0. The van der Waals surface area contributed by atoms with Gasteiger partial charge in [0.2, 0.25) is 0 Å². The van der Waals surface area contributed by atoms with Gasteiger partial charge in [0.05, 0.1) is 16.9 Å². The Labute approximate surface area is 131 Å². The van der Waals surface area contributed by atoms with E-state index in [0.717, 1.165) is 18.5 Å². The first-order chi connectivity index (χ1) is 9.84. The molecule has 0 aliphatic heterocycles. The molecule has 0 radical (unpaired) electrons. The highest BCUT2D eigenvalue weighted by molar-refractivity contribution is 6.31. The third kappa shape index (κ3) is 3.47. The maximum Gasteiger partial charge on any atom is 0.122 e. The van der Waals surface area contributed by atoms with Crippen LogP contribution in [0, 0.1) is 0 Å². The average Bonchev–Trinajstić information content (AvgIpc) is 2.79. The third-order valence-electron chi connectivity index (χ3n) is 3.62. The summed E-state index contributed by atoms with van der Waals surface area (Å²) in [6.45, 7) is 9.34. The maximum absolute atomic E-state index is 10.6. The fourth-order valence-electron chi connectivity index (χ4n) is 2.36. The number of benzene rings is 1. The summed E-state index contributed by atoms with van der Waals surface area (Å²) >= 11 is 6.19. The van der Waals surface area contributed by atoms with E-state index in [1.165, 1.54) is 5.56 Å². The number of nitrogens with zero attached hydrogens (tertiary/aromatic N) is 2. The van der Waals surface area contributed by atoms with Gasteiger partial charge in [-0.25, -0.2) is 0 Å². The van der Waals surface area contributed by atoms with Gasteiger partial charge in [-0.15, -0.1) is 0 Å². The second kappa shape index (κ2) is 6.20. The molecule has 1 aromatic heterocycles. The van der Waals surface area contributed by atoms with Crippen molar-refractivity contribution in [3.05, 3.63) is 52.3 Å². The monoisotopic (exact) mass is 306 g/mol. The minimum Gasteiger partial charge on any atom is -0.382 e. The lowest BCUT2D eigenvalue weighted by molar-refractivity contribution is 0.207. The van der Waals surface area contributed by atoms with Gasteiger partial charge >= 0.3 is 0 Å². The topological polar surface area (TPSA) is 38.0 Å². The molecule has 1 unspecified atom stereocenters. The van der Waals surface area contributed by atoms with E-state index in [1.54, 1.807) is 10.9 Å². The fourth-order valence-corrected chi connectivity index (χ4v) is 2.60. The summed E-state index contributed by atoms with van der Waals surface area (Å²) in [4.78, 5) is 0. The molecule has 0 fully saturated rings. The predicted molar refractivity (Wildman–Crippen MR) is 86.7 cm³/mol. The molecule has 1 aromatic carbocycles. The number of hydrogen-bond acceptors (Lipinski definition) is 2. The summed E-state index contributed by atoms with van der Waals surface area (Å²) < 4.78 is 1.78. The predicted octanol–water partition coefficient (Wildman–Crippen LogP) is 4.33. The van der Waals surface area contributed by atoms with Crippen molar-refractivity contribution >= 4 is 11.6 Å². The first-order valence-corrected chi connectivity index (χ1v) is 7.72. The van der Waals surface area contributed by atoms with Crippen LogP contribution in [0.4, 0.5) is 0 Å². The SMILES string of the molecule is CCCn1ncc(Cl)c1C(O)c1ccc(C(C)(C)C)cc1. The lowest BCUT2D eigenvalue weighted by Gasteiger charge is -2.20. The summed E-state index contributed by atoms with van der Waals surface area (Å²) in [6, 6.07) is 8.05. The van der Waals surface area contributed by atoms with Crippen molar-refractivity contribution in [2.75, 3.05) is 0 Å². The molecule has 1 atom stereocenters. The Morgan fingerprint density at radius 2 is 1.86 bits per heavy atom. The number of aryl methyl sites for hydroxylation is 1. The zero-order chi connectivity index (χ0) is 15.6. The molecule has 2 rings (SSSR count). The summed E-state index contributed by atoms with van der Waals surface area (Å²) in [5.41, 5.74) is 2.85. The molecule has 0 amide bonds. The Hall–Kier alpha value is -1.32. The van der Waals surface area contributed by atoms with E-state index in [0.29, 0.717) is 10.7 Å². The quantitative estimate of drug-likeness (QED) is 0.913. The van der Waals surface area contributed by atoms with Gasteiger partial charge < -0.3 is 5.11 Å². The molecular weight excluding hydrogens is 284 g/mol. The first kappa shape index (κ1) is 16.1. The molecular formula is C17H23ClN2O. The molecule has 4 heteroatoms. The Bertz CT molecular complexity index is 596. The smallest absolute Gasteiger partial charge is 0.122 e. The third-order valence-corrected chi connectivity index (χ3v) is 3.91. The minimum absolute atomic E-state index is 0.102. The van der Waals surface area contributed by atoms with Gasteiger partial charge in [0.15, 0.2) is 0 Å². The van der Waals surface area contributed by atoms with Crippen LogP contribution in [0.25, 0.3) is 0 Å². The van der Waals surface area contributed by atoms with Crippen molar-refractivity contribution < 1.29 is 5.11 Å². The van der Waals surface area contributed by atoms with Gasteiger partial charge in [0.25, 0.3) is 0 Å². The molecule has 0 saturated heterocycles. The molecule has 0 aliphatic rings. The number of rotatable bonds is 4. The molecule has 0 saturated carbocycles. The molecule has 1 heterocycles. The minimum atomic E-state index is -0.749. The molecule has 0 aliphatic carbocycles. The maximum atomic E-state index is 10.6. The molecule has 114 valence electrons. The molecule has 2 aromatic rings. The number of halogens is 1. The molecule has 1 N–H and O–H groups in total. The Balaban J connectivity index is 2.32. The first-order valence-electron chi connectivity index (χ1n) is 7.34. The highest BCUT2D eigenvalue weighted by Crippen LogP contribution is 2.30. The standard InChI is InChI=1S/C17H23ClN2O/c1-5-10-20-15(14(18)11-19-20)16(21)12-6-8-13(9-7-12)17(2,3)4/h6-9,11,16,21H,5,10H2,1-4H3. The van der Waals surface area contributed by atoms with Gasteiger partial charge in [-0.2, -0.15) is 5.10 Å². The van der Waals surface area contributed by atoms with E-state index < -0.39 is 6.10 Å². The Morgan fingerprint density at radius 1 is 1.24 bits per heavy atom. The highest BCUT2D eigenvalue weighted by Gasteiger charge is 2.20. The van der Waals surface area contributed by atoms with Crippen LogP contribution >= 0.6 is 11.6 Å². The summed E-state index contributed by atoms with van der Waals surface area (Å²) in [5, 5.41) is 15.4. The van der Waals surface area contributed by atoms with Gasteiger partial charge in [0.1, 0.15) is 6.10 Å². The van der Waals surface area contributed by atoms with Crippen molar-refractivity contribution in [1.29, 1.82) is 0 Å². The van der Waals surface area contributed by atoms with E-state index in [4.69, 9.17) is 11.6 Å². The average molecular weight is 307 g/mol. The van der Waals surface area contributed by atoms with Crippen LogP contribution in [-0.2, 0) is 12.0 Å². The van der Waals surface area contributed by atoms with Crippen LogP contribution in [0.1, 0.15) is 57.0 Å².